The number of piperidine rings is 1. The van der Waals surface area contributed by atoms with Gasteiger partial charge in [0.1, 0.15) is 0 Å². The van der Waals surface area contributed by atoms with Crippen molar-refractivity contribution in [3.63, 3.8) is 0 Å². The van der Waals surface area contributed by atoms with Crippen molar-refractivity contribution in [1.29, 1.82) is 0 Å². The molecule has 0 radical (unpaired) electrons. The Hall–Kier alpha value is -2.48. The molecule has 0 aromatic heterocycles. The van der Waals surface area contributed by atoms with Gasteiger partial charge in [0.05, 0.1) is 27.9 Å². The molecular weight excluding hydrogens is 386 g/mol. The number of hydrogen-bond donors (Lipinski definition) is 2. The van der Waals surface area contributed by atoms with Crippen molar-refractivity contribution in [1.82, 2.24) is 10.2 Å². The Morgan fingerprint density at radius 3 is 2.03 bits per heavy atom. The normalized spacial score (nSPS) is 15.4. The smallest absolute Gasteiger partial charge is 0.238 e. The molecule has 0 atom stereocenters. The fourth-order valence-electron chi connectivity index (χ4n) is 3.64. The predicted octanol–water partition coefficient (Wildman–Crippen LogP) is 2.67. The highest BCUT2D eigenvalue weighted by Gasteiger charge is 2.24. The standard InChI is InChI=1S/C22H35N3O5/c1-22(2,3)24-19(26)11-15-7-9-25(10-8-15)14-20(27)23-16-12-17(28-4)21(30-6)18(13-16)29-5/h12-13,15H,7-11,14H2,1-6H3,(H,23,27)(H,24,26). The molecular formula is C22H35N3O5. The number of methoxy groups -OCH3 is 3. The Labute approximate surface area is 179 Å². The topological polar surface area (TPSA) is 89.1 Å². The van der Waals surface area contributed by atoms with Gasteiger partial charge in [-0.1, -0.05) is 0 Å². The third-order valence-corrected chi connectivity index (χ3v) is 5.01. The quantitative estimate of drug-likeness (QED) is 0.671. The molecule has 1 saturated heterocycles. The molecule has 30 heavy (non-hydrogen) atoms. The number of carbonyl (C=O) groups excluding carboxylic acids is 2. The predicted molar refractivity (Wildman–Crippen MR) is 116 cm³/mol. The Kier molecular flexibility index (Phi) is 8.34. The second-order valence-electron chi connectivity index (χ2n) is 8.68. The first-order chi connectivity index (χ1) is 14.1. The molecule has 8 nitrogen and oxygen atoms in total. The van der Waals surface area contributed by atoms with Crippen molar-refractivity contribution in [2.75, 3.05) is 46.3 Å². The highest BCUT2D eigenvalue weighted by molar-refractivity contribution is 5.93. The zero-order valence-electron chi connectivity index (χ0n) is 19.0. The summed E-state index contributed by atoms with van der Waals surface area (Å²) in [4.78, 5) is 26.8. The number of carbonyl (C=O) groups is 2. The van der Waals surface area contributed by atoms with Crippen LogP contribution in [0.4, 0.5) is 5.69 Å². The molecule has 0 aliphatic carbocycles. The lowest BCUT2D eigenvalue weighted by Gasteiger charge is -2.31. The molecule has 2 rings (SSSR count). The van der Waals surface area contributed by atoms with E-state index in [1.807, 2.05) is 20.8 Å². The minimum atomic E-state index is -0.206. The largest absolute Gasteiger partial charge is 0.493 e. The number of hydrogen-bond acceptors (Lipinski definition) is 6. The number of amides is 2. The molecule has 1 heterocycles. The fraction of sp³-hybridized carbons (Fsp3) is 0.636. The monoisotopic (exact) mass is 421 g/mol. The summed E-state index contributed by atoms with van der Waals surface area (Å²) in [5.74, 6) is 1.81. The first kappa shape index (κ1) is 23.8. The summed E-state index contributed by atoms with van der Waals surface area (Å²) >= 11 is 0. The highest BCUT2D eigenvalue weighted by atomic mass is 16.5. The average molecular weight is 422 g/mol. The van der Waals surface area contributed by atoms with Gasteiger partial charge < -0.3 is 24.8 Å². The van der Waals surface area contributed by atoms with E-state index in [2.05, 4.69) is 15.5 Å². The van der Waals surface area contributed by atoms with Crippen molar-refractivity contribution in [3.05, 3.63) is 12.1 Å². The van der Waals surface area contributed by atoms with E-state index in [0.717, 1.165) is 25.9 Å². The summed E-state index contributed by atoms with van der Waals surface area (Å²) in [6, 6.07) is 3.42. The van der Waals surface area contributed by atoms with Gasteiger partial charge in [-0.25, -0.2) is 0 Å². The summed E-state index contributed by atoms with van der Waals surface area (Å²) in [7, 11) is 4.61. The maximum Gasteiger partial charge on any atom is 0.238 e. The molecule has 168 valence electrons. The van der Waals surface area contributed by atoms with Gasteiger partial charge in [0.15, 0.2) is 11.5 Å². The molecule has 8 heteroatoms. The summed E-state index contributed by atoms with van der Waals surface area (Å²) in [6.07, 6.45) is 2.37. The van der Waals surface area contributed by atoms with Gasteiger partial charge >= 0.3 is 0 Å². The Bertz CT molecular complexity index is 712. The second kappa shape index (κ2) is 10.5. The summed E-state index contributed by atoms with van der Waals surface area (Å²) < 4.78 is 16.0. The Balaban J connectivity index is 1.85. The van der Waals surface area contributed by atoms with Gasteiger partial charge in [-0.3, -0.25) is 14.5 Å². The van der Waals surface area contributed by atoms with Gasteiger partial charge in [-0.15, -0.1) is 0 Å². The number of anilines is 1. The highest BCUT2D eigenvalue weighted by Crippen LogP contribution is 2.39. The average Bonchev–Trinajstić information content (AvgIpc) is 2.67. The van der Waals surface area contributed by atoms with E-state index >= 15 is 0 Å². The van der Waals surface area contributed by atoms with Gasteiger partial charge in [-0.2, -0.15) is 0 Å². The van der Waals surface area contributed by atoms with Crippen LogP contribution in [0.1, 0.15) is 40.0 Å². The van der Waals surface area contributed by atoms with Crippen LogP contribution >= 0.6 is 0 Å². The third-order valence-electron chi connectivity index (χ3n) is 5.01. The first-order valence-corrected chi connectivity index (χ1v) is 10.3. The summed E-state index contributed by atoms with van der Waals surface area (Å²) in [5, 5.41) is 5.92. The SMILES string of the molecule is COc1cc(NC(=O)CN2CCC(CC(=O)NC(C)(C)C)CC2)cc(OC)c1OC. The van der Waals surface area contributed by atoms with Crippen LogP contribution < -0.4 is 24.8 Å². The lowest BCUT2D eigenvalue weighted by molar-refractivity contribution is -0.124. The van der Waals surface area contributed by atoms with Crippen LogP contribution in [0.15, 0.2) is 12.1 Å². The van der Waals surface area contributed by atoms with Crippen LogP contribution in [0, 0.1) is 5.92 Å². The van der Waals surface area contributed by atoms with E-state index in [1.54, 1.807) is 12.1 Å². The van der Waals surface area contributed by atoms with E-state index in [9.17, 15) is 9.59 Å². The van der Waals surface area contributed by atoms with Crippen molar-refractivity contribution >= 4 is 17.5 Å². The molecule has 0 saturated carbocycles. The van der Waals surface area contributed by atoms with Crippen molar-refractivity contribution in [2.24, 2.45) is 5.92 Å². The van der Waals surface area contributed by atoms with Crippen LogP contribution in [0.25, 0.3) is 0 Å². The minimum Gasteiger partial charge on any atom is -0.493 e. The molecule has 0 spiro atoms. The third kappa shape index (κ3) is 7.09. The maximum atomic E-state index is 12.5. The van der Waals surface area contributed by atoms with Gasteiger partial charge in [-0.05, 0) is 52.6 Å². The second-order valence-corrected chi connectivity index (χ2v) is 8.68. The van der Waals surface area contributed by atoms with Gasteiger partial charge in [0, 0.05) is 29.8 Å². The summed E-state index contributed by atoms with van der Waals surface area (Å²) in [5.41, 5.74) is 0.381. The number of benzene rings is 1. The van der Waals surface area contributed by atoms with E-state index in [-0.39, 0.29) is 17.4 Å². The van der Waals surface area contributed by atoms with Crippen LogP contribution in [-0.2, 0) is 9.59 Å². The van der Waals surface area contributed by atoms with Crippen LogP contribution in [-0.4, -0.2) is 63.2 Å². The number of nitrogens with one attached hydrogen (secondary N) is 2. The van der Waals surface area contributed by atoms with Gasteiger partial charge in [0.2, 0.25) is 17.6 Å². The maximum absolute atomic E-state index is 12.5. The van der Waals surface area contributed by atoms with Crippen molar-refractivity contribution < 1.29 is 23.8 Å². The molecule has 1 aliphatic rings. The van der Waals surface area contributed by atoms with Crippen LogP contribution in [0.3, 0.4) is 0 Å². The van der Waals surface area contributed by atoms with E-state index in [1.165, 1.54) is 21.3 Å². The summed E-state index contributed by atoms with van der Waals surface area (Å²) in [6.45, 7) is 7.87. The molecule has 1 aliphatic heterocycles. The molecule has 1 aromatic carbocycles. The van der Waals surface area contributed by atoms with Crippen LogP contribution in [0.2, 0.25) is 0 Å². The fourth-order valence-corrected chi connectivity index (χ4v) is 3.64. The number of ether oxygens (including phenoxy) is 3. The lowest BCUT2D eigenvalue weighted by Crippen LogP contribution is -2.43. The molecule has 2 N–H and O–H groups in total. The van der Waals surface area contributed by atoms with Crippen molar-refractivity contribution in [3.8, 4) is 17.2 Å². The molecule has 2 amide bonds. The zero-order chi connectivity index (χ0) is 22.3. The number of rotatable bonds is 8. The van der Waals surface area contributed by atoms with E-state index in [0.29, 0.717) is 41.8 Å². The molecule has 1 fully saturated rings. The van der Waals surface area contributed by atoms with Crippen molar-refractivity contribution in [2.45, 2.75) is 45.6 Å². The molecule has 0 bridgehead atoms. The van der Waals surface area contributed by atoms with Gasteiger partial charge in [0.25, 0.3) is 0 Å². The minimum absolute atomic E-state index is 0.0982. The zero-order valence-corrected chi connectivity index (χ0v) is 19.0. The number of likely N-dealkylation sites (tertiary alicyclic amines) is 1. The number of nitrogens with zero attached hydrogens (tertiary/aromatic N) is 1. The van der Waals surface area contributed by atoms with Crippen LogP contribution in [0.5, 0.6) is 17.2 Å². The Morgan fingerprint density at radius 1 is 1.00 bits per heavy atom. The van der Waals surface area contributed by atoms with E-state index < -0.39 is 0 Å². The molecule has 0 unspecified atom stereocenters. The van der Waals surface area contributed by atoms with E-state index in [4.69, 9.17) is 14.2 Å². The molecule has 1 aromatic rings. The first-order valence-electron chi connectivity index (χ1n) is 10.3. The lowest BCUT2D eigenvalue weighted by atomic mass is 9.92. The Morgan fingerprint density at radius 2 is 1.57 bits per heavy atom.